The summed E-state index contributed by atoms with van der Waals surface area (Å²) in [6.45, 7) is 0.730. The Morgan fingerprint density at radius 3 is 2.95 bits per heavy atom. The number of rotatable bonds is 4. The van der Waals surface area contributed by atoms with E-state index in [9.17, 15) is 4.79 Å². The van der Waals surface area contributed by atoms with Crippen molar-refractivity contribution in [3.05, 3.63) is 23.8 Å². The normalized spacial score (nSPS) is 19.7. The maximum absolute atomic E-state index is 12.2. The zero-order valence-electron chi connectivity index (χ0n) is 12.4. The molecule has 4 nitrogen and oxygen atoms in total. The second-order valence-corrected chi connectivity index (χ2v) is 6.26. The van der Waals surface area contributed by atoms with Gasteiger partial charge in [-0.05, 0) is 36.1 Å². The van der Waals surface area contributed by atoms with Gasteiger partial charge in [-0.1, -0.05) is 32.1 Å². The molecule has 114 valence electrons. The molecule has 1 unspecified atom stereocenters. The Morgan fingerprint density at radius 2 is 2.14 bits per heavy atom. The van der Waals surface area contributed by atoms with Gasteiger partial charge >= 0.3 is 0 Å². The molecule has 2 aliphatic rings. The average Bonchev–Trinajstić information content (AvgIpc) is 2.95. The molecule has 1 amide bonds. The van der Waals surface area contributed by atoms with Crippen LogP contribution in [0.3, 0.4) is 0 Å². The summed E-state index contributed by atoms with van der Waals surface area (Å²) < 4.78 is 5.47. The van der Waals surface area contributed by atoms with E-state index in [1.54, 1.807) is 0 Å². The average molecular weight is 288 g/mol. The highest BCUT2D eigenvalue weighted by molar-refractivity contribution is 5.94. The Balaban J connectivity index is 1.55. The molecule has 1 aromatic carbocycles. The van der Waals surface area contributed by atoms with Gasteiger partial charge in [0.25, 0.3) is 0 Å². The Hall–Kier alpha value is -1.55. The van der Waals surface area contributed by atoms with E-state index in [1.165, 1.54) is 32.1 Å². The lowest BCUT2D eigenvalue weighted by atomic mass is 9.85. The minimum atomic E-state index is -0.405. The quantitative estimate of drug-likeness (QED) is 0.895. The van der Waals surface area contributed by atoms with Gasteiger partial charge in [-0.2, -0.15) is 0 Å². The Kier molecular flexibility index (Phi) is 4.44. The van der Waals surface area contributed by atoms with Crippen LogP contribution in [0.2, 0.25) is 0 Å². The molecule has 1 aromatic rings. The summed E-state index contributed by atoms with van der Waals surface area (Å²) >= 11 is 0. The molecule has 0 aromatic heterocycles. The summed E-state index contributed by atoms with van der Waals surface area (Å²) in [7, 11) is 0. The van der Waals surface area contributed by atoms with Crippen molar-refractivity contribution in [3.63, 3.8) is 0 Å². The van der Waals surface area contributed by atoms with Crippen LogP contribution in [0.4, 0.5) is 5.69 Å². The van der Waals surface area contributed by atoms with Crippen molar-refractivity contribution in [1.82, 2.24) is 0 Å². The maximum atomic E-state index is 12.2. The smallest absolute Gasteiger partial charge is 0.241 e. The van der Waals surface area contributed by atoms with E-state index in [0.717, 1.165) is 36.4 Å². The summed E-state index contributed by atoms with van der Waals surface area (Å²) in [4.78, 5) is 12.2. The Bertz CT molecular complexity index is 510. The van der Waals surface area contributed by atoms with Crippen LogP contribution in [0, 0.1) is 5.92 Å². The standard InChI is InChI=1S/C17H24N2O2/c18-15(10-12-4-2-1-3-5-12)17(20)19-14-6-7-16-13(11-14)8-9-21-16/h6-7,11-12,15H,1-5,8-10,18H2,(H,19,20). The van der Waals surface area contributed by atoms with Crippen LogP contribution in [-0.4, -0.2) is 18.6 Å². The lowest BCUT2D eigenvalue weighted by Crippen LogP contribution is -2.37. The monoisotopic (exact) mass is 288 g/mol. The number of hydrogen-bond acceptors (Lipinski definition) is 3. The zero-order valence-corrected chi connectivity index (χ0v) is 12.4. The first-order chi connectivity index (χ1) is 10.2. The van der Waals surface area contributed by atoms with Gasteiger partial charge in [-0.25, -0.2) is 0 Å². The third-order valence-electron chi connectivity index (χ3n) is 4.61. The third-order valence-corrected chi connectivity index (χ3v) is 4.61. The molecule has 3 rings (SSSR count). The molecule has 1 fully saturated rings. The van der Waals surface area contributed by atoms with E-state index >= 15 is 0 Å². The summed E-state index contributed by atoms with van der Waals surface area (Å²) in [6.07, 6.45) is 8.05. The zero-order chi connectivity index (χ0) is 14.7. The van der Waals surface area contributed by atoms with Crippen LogP contribution in [-0.2, 0) is 11.2 Å². The van der Waals surface area contributed by atoms with Gasteiger partial charge in [0.1, 0.15) is 5.75 Å². The van der Waals surface area contributed by atoms with Gasteiger partial charge in [0.05, 0.1) is 12.6 Å². The molecule has 1 aliphatic heterocycles. The topological polar surface area (TPSA) is 64.4 Å². The fourth-order valence-corrected chi connectivity index (χ4v) is 3.39. The number of carbonyl (C=O) groups excluding carboxylic acids is 1. The molecule has 3 N–H and O–H groups in total. The Morgan fingerprint density at radius 1 is 1.33 bits per heavy atom. The molecular weight excluding hydrogens is 264 g/mol. The van der Waals surface area contributed by atoms with Crippen LogP contribution >= 0.6 is 0 Å². The fraction of sp³-hybridized carbons (Fsp3) is 0.588. The highest BCUT2D eigenvalue weighted by atomic mass is 16.5. The molecule has 4 heteroatoms. The highest BCUT2D eigenvalue weighted by Gasteiger charge is 2.21. The summed E-state index contributed by atoms with van der Waals surface area (Å²) in [5.74, 6) is 1.48. The van der Waals surface area contributed by atoms with Crippen molar-refractivity contribution < 1.29 is 9.53 Å². The van der Waals surface area contributed by atoms with Crippen LogP contribution < -0.4 is 15.8 Å². The number of carbonyl (C=O) groups is 1. The first kappa shape index (κ1) is 14.4. The molecule has 1 atom stereocenters. The lowest BCUT2D eigenvalue weighted by Gasteiger charge is -2.24. The van der Waals surface area contributed by atoms with E-state index in [1.807, 2.05) is 18.2 Å². The van der Waals surface area contributed by atoms with Crippen LogP contribution in [0.15, 0.2) is 18.2 Å². The second kappa shape index (κ2) is 6.48. The van der Waals surface area contributed by atoms with Crippen LogP contribution in [0.25, 0.3) is 0 Å². The molecule has 1 saturated carbocycles. The highest BCUT2D eigenvalue weighted by Crippen LogP contribution is 2.29. The third kappa shape index (κ3) is 3.56. The molecular formula is C17H24N2O2. The van der Waals surface area contributed by atoms with E-state index in [4.69, 9.17) is 10.5 Å². The molecule has 0 spiro atoms. The van der Waals surface area contributed by atoms with Crippen molar-refractivity contribution in [3.8, 4) is 5.75 Å². The number of fused-ring (bicyclic) bond motifs is 1. The SMILES string of the molecule is NC(CC1CCCCC1)C(=O)Nc1ccc2c(c1)CCO2. The van der Waals surface area contributed by atoms with E-state index in [0.29, 0.717) is 5.92 Å². The molecule has 21 heavy (non-hydrogen) atoms. The lowest BCUT2D eigenvalue weighted by molar-refractivity contribution is -0.117. The predicted molar refractivity (Wildman–Crippen MR) is 83.4 cm³/mol. The summed E-state index contributed by atoms with van der Waals surface area (Å²) in [6, 6.07) is 5.39. The number of benzene rings is 1. The van der Waals surface area contributed by atoms with Crippen molar-refractivity contribution in [2.45, 2.75) is 51.0 Å². The predicted octanol–water partition coefficient (Wildman–Crippen LogP) is 2.86. The minimum Gasteiger partial charge on any atom is -0.493 e. The second-order valence-electron chi connectivity index (χ2n) is 6.26. The number of hydrogen-bond donors (Lipinski definition) is 2. The van der Waals surface area contributed by atoms with E-state index < -0.39 is 6.04 Å². The number of nitrogens with one attached hydrogen (secondary N) is 1. The van der Waals surface area contributed by atoms with Crippen molar-refractivity contribution in [1.29, 1.82) is 0 Å². The number of amides is 1. The molecule has 0 radical (unpaired) electrons. The van der Waals surface area contributed by atoms with E-state index in [2.05, 4.69) is 5.32 Å². The van der Waals surface area contributed by atoms with Gasteiger partial charge in [0.2, 0.25) is 5.91 Å². The molecule has 0 bridgehead atoms. The van der Waals surface area contributed by atoms with Gasteiger partial charge in [-0.3, -0.25) is 4.79 Å². The van der Waals surface area contributed by atoms with Crippen molar-refractivity contribution in [2.24, 2.45) is 11.7 Å². The number of nitrogens with two attached hydrogens (primary N) is 1. The summed E-state index contributed by atoms with van der Waals surface area (Å²) in [5.41, 5.74) is 8.06. The van der Waals surface area contributed by atoms with Gasteiger partial charge in [0.15, 0.2) is 0 Å². The van der Waals surface area contributed by atoms with Crippen molar-refractivity contribution in [2.75, 3.05) is 11.9 Å². The van der Waals surface area contributed by atoms with Crippen LogP contribution in [0.5, 0.6) is 5.75 Å². The van der Waals surface area contributed by atoms with Gasteiger partial charge in [0, 0.05) is 12.1 Å². The van der Waals surface area contributed by atoms with Gasteiger partial charge < -0.3 is 15.8 Å². The molecule has 1 heterocycles. The minimum absolute atomic E-state index is 0.0700. The van der Waals surface area contributed by atoms with Crippen molar-refractivity contribution >= 4 is 11.6 Å². The number of anilines is 1. The Labute approximate surface area is 126 Å². The van der Waals surface area contributed by atoms with Gasteiger partial charge in [-0.15, -0.1) is 0 Å². The first-order valence-corrected chi connectivity index (χ1v) is 8.04. The largest absolute Gasteiger partial charge is 0.493 e. The number of ether oxygens (including phenoxy) is 1. The van der Waals surface area contributed by atoms with E-state index in [-0.39, 0.29) is 5.91 Å². The maximum Gasteiger partial charge on any atom is 0.241 e. The fourth-order valence-electron chi connectivity index (χ4n) is 3.39. The van der Waals surface area contributed by atoms with Crippen LogP contribution in [0.1, 0.15) is 44.1 Å². The summed E-state index contributed by atoms with van der Waals surface area (Å²) in [5, 5.41) is 2.94. The molecule has 0 saturated heterocycles. The molecule has 1 aliphatic carbocycles. The first-order valence-electron chi connectivity index (χ1n) is 8.04.